The highest BCUT2D eigenvalue weighted by molar-refractivity contribution is 7.12. The summed E-state index contributed by atoms with van der Waals surface area (Å²) in [6, 6.07) is 3.62. The van der Waals surface area contributed by atoms with Crippen molar-refractivity contribution in [3.05, 3.63) is 22.4 Å². The molecular weight excluding hydrogens is 174 g/mol. The molecule has 1 heterocycles. The van der Waals surface area contributed by atoms with E-state index < -0.39 is 0 Å². The third-order valence-electron chi connectivity index (χ3n) is 1.43. The summed E-state index contributed by atoms with van der Waals surface area (Å²) in [6.07, 6.45) is -0.236. The lowest BCUT2D eigenvalue weighted by molar-refractivity contribution is 0.0661. The average Bonchev–Trinajstić information content (AvgIpc) is 2.56. The van der Waals surface area contributed by atoms with Crippen molar-refractivity contribution in [1.82, 2.24) is 5.32 Å². The van der Waals surface area contributed by atoms with E-state index in [1.807, 2.05) is 11.4 Å². The number of nitrogens with one attached hydrogen (secondary N) is 1. The van der Waals surface area contributed by atoms with Crippen LogP contribution in [0.1, 0.15) is 16.6 Å². The molecule has 1 aromatic heterocycles. The molecule has 0 aromatic carbocycles. The number of amides is 1. The van der Waals surface area contributed by atoms with Gasteiger partial charge in [0, 0.05) is 7.11 Å². The van der Waals surface area contributed by atoms with E-state index in [-0.39, 0.29) is 12.1 Å². The van der Waals surface area contributed by atoms with Gasteiger partial charge in [0.15, 0.2) is 0 Å². The Labute approximate surface area is 75.4 Å². The third kappa shape index (κ3) is 2.32. The van der Waals surface area contributed by atoms with E-state index in [4.69, 9.17) is 4.74 Å². The second kappa shape index (κ2) is 4.23. The van der Waals surface area contributed by atoms with Gasteiger partial charge >= 0.3 is 0 Å². The lowest BCUT2D eigenvalue weighted by atomic mass is 10.4. The molecule has 4 heteroatoms. The Bertz CT molecular complexity index is 246. The van der Waals surface area contributed by atoms with Gasteiger partial charge in [-0.1, -0.05) is 6.07 Å². The molecule has 0 aliphatic rings. The van der Waals surface area contributed by atoms with Gasteiger partial charge in [0.25, 0.3) is 5.91 Å². The number of rotatable bonds is 3. The molecule has 0 radical (unpaired) electrons. The van der Waals surface area contributed by atoms with Gasteiger partial charge in [0.05, 0.1) is 4.88 Å². The first kappa shape index (κ1) is 9.22. The number of ether oxygens (including phenoxy) is 1. The van der Waals surface area contributed by atoms with Crippen LogP contribution in [0.4, 0.5) is 0 Å². The summed E-state index contributed by atoms with van der Waals surface area (Å²) in [5.41, 5.74) is 0. The largest absolute Gasteiger partial charge is 0.362 e. The van der Waals surface area contributed by atoms with Crippen LogP contribution >= 0.6 is 11.3 Å². The quantitative estimate of drug-likeness (QED) is 0.724. The molecule has 0 aliphatic carbocycles. The Morgan fingerprint density at radius 3 is 3.00 bits per heavy atom. The fourth-order valence-corrected chi connectivity index (χ4v) is 1.35. The summed E-state index contributed by atoms with van der Waals surface area (Å²) >= 11 is 1.42. The van der Waals surface area contributed by atoms with Gasteiger partial charge in [-0.05, 0) is 18.4 Å². The monoisotopic (exact) mass is 185 g/mol. The topological polar surface area (TPSA) is 38.3 Å². The zero-order chi connectivity index (χ0) is 8.97. The van der Waals surface area contributed by atoms with Crippen LogP contribution in [0.25, 0.3) is 0 Å². The van der Waals surface area contributed by atoms with Crippen molar-refractivity contribution in [2.75, 3.05) is 7.11 Å². The Kier molecular flexibility index (Phi) is 3.25. The number of carbonyl (C=O) groups excluding carboxylic acids is 1. The maximum atomic E-state index is 11.3. The Morgan fingerprint density at radius 1 is 1.75 bits per heavy atom. The Morgan fingerprint density at radius 2 is 2.50 bits per heavy atom. The van der Waals surface area contributed by atoms with Gasteiger partial charge in [-0.2, -0.15) is 0 Å². The molecule has 1 atom stereocenters. The summed E-state index contributed by atoms with van der Waals surface area (Å²) in [6.45, 7) is 1.78. The smallest absolute Gasteiger partial charge is 0.263 e. The predicted octanol–water partition coefficient (Wildman–Crippen LogP) is 1.47. The molecule has 0 saturated carbocycles. The lowest BCUT2D eigenvalue weighted by Crippen LogP contribution is -2.33. The molecule has 0 aliphatic heterocycles. The van der Waals surface area contributed by atoms with Gasteiger partial charge in [-0.15, -0.1) is 11.3 Å². The van der Waals surface area contributed by atoms with E-state index in [1.165, 1.54) is 11.3 Å². The van der Waals surface area contributed by atoms with E-state index in [0.29, 0.717) is 4.88 Å². The van der Waals surface area contributed by atoms with Crippen LogP contribution in [-0.2, 0) is 4.74 Å². The van der Waals surface area contributed by atoms with Crippen molar-refractivity contribution < 1.29 is 9.53 Å². The van der Waals surface area contributed by atoms with Gasteiger partial charge in [0.1, 0.15) is 6.23 Å². The minimum Gasteiger partial charge on any atom is -0.362 e. The van der Waals surface area contributed by atoms with E-state index in [1.54, 1.807) is 20.1 Å². The molecule has 12 heavy (non-hydrogen) atoms. The van der Waals surface area contributed by atoms with Crippen molar-refractivity contribution in [2.24, 2.45) is 0 Å². The molecule has 3 nitrogen and oxygen atoms in total. The molecule has 0 spiro atoms. The van der Waals surface area contributed by atoms with Crippen LogP contribution in [0.3, 0.4) is 0 Å². The Balaban J connectivity index is 2.50. The number of hydrogen-bond acceptors (Lipinski definition) is 3. The van der Waals surface area contributed by atoms with Crippen LogP contribution in [0.5, 0.6) is 0 Å². The van der Waals surface area contributed by atoms with Crippen LogP contribution in [-0.4, -0.2) is 19.2 Å². The van der Waals surface area contributed by atoms with E-state index in [0.717, 1.165) is 0 Å². The first-order valence-corrected chi connectivity index (χ1v) is 4.49. The van der Waals surface area contributed by atoms with Crippen LogP contribution in [0.2, 0.25) is 0 Å². The Hall–Kier alpha value is -0.870. The fourth-order valence-electron chi connectivity index (χ4n) is 0.722. The molecule has 1 N–H and O–H groups in total. The normalized spacial score (nSPS) is 12.5. The van der Waals surface area contributed by atoms with Gasteiger partial charge in [0.2, 0.25) is 0 Å². The minimum absolute atomic E-state index is 0.0839. The zero-order valence-corrected chi connectivity index (χ0v) is 7.85. The molecule has 66 valence electrons. The fraction of sp³-hybridized carbons (Fsp3) is 0.375. The first-order valence-electron chi connectivity index (χ1n) is 3.61. The molecule has 1 amide bonds. The molecule has 0 bridgehead atoms. The first-order chi connectivity index (χ1) is 5.74. The summed E-state index contributed by atoms with van der Waals surface area (Å²) in [5, 5.41) is 4.55. The van der Waals surface area contributed by atoms with Crippen LogP contribution in [0, 0.1) is 0 Å². The predicted molar refractivity (Wildman–Crippen MR) is 48.3 cm³/mol. The molecule has 0 fully saturated rings. The second-order valence-electron chi connectivity index (χ2n) is 2.33. The number of hydrogen-bond donors (Lipinski definition) is 1. The van der Waals surface area contributed by atoms with Crippen molar-refractivity contribution in [2.45, 2.75) is 13.2 Å². The summed E-state index contributed by atoms with van der Waals surface area (Å²) in [4.78, 5) is 12.0. The lowest BCUT2D eigenvalue weighted by Gasteiger charge is -2.10. The van der Waals surface area contributed by atoms with Crippen molar-refractivity contribution in [1.29, 1.82) is 0 Å². The molecule has 1 unspecified atom stereocenters. The highest BCUT2D eigenvalue weighted by atomic mass is 32.1. The maximum absolute atomic E-state index is 11.3. The maximum Gasteiger partial charge on any atom is 0.263 e. The van der Waals surface area contributed by atoms with Crippen LogP contribution < -0.4 is 5.32 Å². The third-order valence-corrected chi connectivity index (χ3v) is 2.30. The number of thiophene rings is 1. The number of methoxy groups -OCH3 is 1. The highest BCUT2D eigenvalue weighted by Gasteiger charge is 2.08. The molecule has 1 rings (SSSR count). The van der Waals surface area contributed by atoms with E-state index in [2.05, 4.69) is 5.32 Å². The molecule has 1 aromatic rings. The average molecular weight is 185 g/mol. The molecular formula is C8H11NO2S. The van der Waals surface area contributed by atoms with Gasteiger partial charge < -0.3 is 10.1 Å². The van der Waals surface area contributed by atoms with Gasteiger partial charge in [-0.25, -0.2) is 0 Å². The van der Waals surface area contributed by atoms with Crippen molar-refractivity contribution >= 4 is 17.2 Å². The highest BCUT2D eigenvalue weighted by Crippen LogP contribution is 2.07. The zero-order valence-electron chi connectivity index (χ0n) is 7.03. The standard InChI is InChI=1S/C8H11NO2S/c1-6(11-2)9-8(10)7-4-3-5-12-7/h3-6H,1-2H3,(H,9,10). The van der Waals surface area contributed by atoms with Crippen molar-refractivity contribution in [3.63, 3.8) is 0 Å². The van der Waals surface area contributed by atoms with Crippen LogP contribution in [0.15, 0.2) is 17.5 Å². The summed E-state index contributed by atoms with van der Waals surface area (Å²) in [7, 11) is 1.55. The SMILES string of the molecule is COC(C)NC(=O)c1cccs1. The minimum atomic E-state index is -0.236. The van der Waals surface area contributed by atoms with E-state index in [9.17, 15) is 4.79 Å². The van der Waals surface area contributed by atoms with Gasteiger partial charge in [-0.3, -0.25) is 4.79 Å². The number of carbonyl (C=O) groups is 1. The summed E-state index contributed by atoms with van der Waals surface area (Å²) < 4.78 is 4.89. The second-order valence-corrected chi connectivity index (χ2v) is 3.28. The van der Waals surface area contributed by atoms with Crippen molar-refractivity contribution in [3.8, 4) is 0 Å². The van der Waals surface area contributed by atoms with E-state index >= 15 is 0 Å². The molecule has 0 saturated heterocycles. The summed E-state index contributed by atoms with van der Waals surface area (Å²) in [5.74, 6) is -0.0839.